The zero-order chi connectivity index (χ0) is 16.3. The van der Waals surface area contributed by atoms with Gasteiger partial charge in [-0.15, -0.1) is 0 Å². The zero-order valence-electron chi connectivity index (χ0n) is 12.4. The highest BCUT2D eigenvalue weighted by atomic mass is 19.3. The fraction of sp³-hybridized carbons (Fsp3) is 0.467. The Labute approximate surface area is 127 Å². The molecule has 0 aromatic heterocycles. The van der Waals surface area contributed by atoms with Crippen LogP contribution >= 0.6 is 0 Å². The first-order valence-electron chi connectivity index (χ1n) is 6.96. The summed E-state index contributed by atoms with van der Waals surface area (Å²) in [5, 5.41) is 14.0. The van der Waals surface area contributed by atoms with E-state index < -0.39 is 24.7 Å². The van der Waals surface area contributed by atoms with E-state index in [1.54, 1.807) is 12.1 Å². The van der Waals surface area contributed by atoms with E-state index in [0.29, 0.717) is 10.8 Å². The van der Waals surface area contributed by atoms with Crippen molar-refractivity contribution in [2.24, 2.45) is 5.10 Å². The summed E-state index contributed by atoms with van der Waals surface area (Å²) in [6.07, 6.45) is -2.61. The van der Waals surface area contributed by atoms with E-state index in [1.807, 2.05) is 19.1 Å². The maximum absolute atomic E-state index is 13.0. The minimum Gasteiger partial charge on any atom is -0.484 e. The third-order valence-corrected chi connectivity index (χ3v) is 3.43. The molecule has 0 saturated heterocycles. The topological polar surface area (TPSA) is 62.1 Å². The minimum atomic E-state index is -3.11. The molecule has 1 aromatic carbocycles. The monoisotopic (exact) mass is 312 g/mol. The summed E-state index contributed by atoms with van der Waals surface area (Å²) < 4.78 is 31.3. The maximum Gasteiger partial charge on any atom is 0.287 e. The molecular formula is C15H18F2N2O3. The van der Waals surface area contributed by atoms with Crippen LogP contribution in [0.3, 0.4) is 0 Å². The summed E-state index contributed by atoms with van der Waals surface area (Å²) in [5.41, 5.74) is -1.20. The number of aryl methyl sites for hydroxylation is 1. The molecule has 0 radical (unpaired) electrons. The Morgan fingerprint density at radius 1 is 1.45 bits per heavy atom. The second kappa shape index (κ2) is 6.39. The molecule has 7 heteroatoms. The number of benzene rings is 1. The summed E-state index contributed by atoms with van der Waals surface area (Å²) in [7, 11) is 0. The number of amides is 1. The van der Waals surface area contributed by atoms with E-state index in [-0.39, 0.29) is 12.1 Å². The van der Waals surface area contributed by atoms with Gasteiger partial charge in [0.05, 0.1) is 0 Å². The molecule has 0 aliphatic carbocycles. The number of carbonyl (C=O) groups excluding carboxylic acids is 1. The van der Waals surface area contributed by atoms with Gasteiger partial charge < -0.3 is 9.84 Å². The van der Waals surface area contributed by atoms with Crippen molar-refractivity contribution in [3.8, 4) is 5.75 Å². The molecule has 22 heavy (non-hydrogen) atoms. The summed E-state index contributed by atoms with van der Waals surface area (Å²) in [6.45, 7) is 3.01. The lowest BCUT2D eigenvalue weighted by Gasteiger charge is -2.29. The summed E-state index contributed by atoms with van der Waals surface area (Å²) in [4.78, 5) is 12.0. The summed E-state index contributed by atoms with van der Waals surface area (Å²) in [5.74, 6) is -0.370. The van der Waals surface area contributed by atoms with Crippen LogP contribution in [0.15, 0.2) is 29.4 Å². The van der Waals surface area contributed by atoms with Crippen molar-refractivity contribution >= 4 is 11.6 Å². The average Bonchev–Trinajstić information content (AvgIpc) is 2.81. The summed E-state index contributed by atoms with van der Waals surface area (Å²) >= 11 is 0. The van der Waals surface area contributed by atoms with Crippen molar-refractivity contribution in [2.45, 2.75) is 38.8 Å². The Balaban J connectivity index is 2.01. The number of hydrazone groups is 1. The molecule has 0 unspecified atom stereocenters. The Kier molecular flexibility index (Phi) is 4.75. The van der Waals surface area contributed by atoms with Gasteiger partial charge in [0, 0.05) is 12.1 Å². The van der Waals surface area contributed by atoms with Gasteiger partial charge in [0.1, 0.15) is 5.75 Å². The van der Waals surface area contributed by atoms with Gasteiger partial charge in [-0.05, 0) is 31.0 Å². The zero-order valence-corrected chi connectivity index (χ0v) is 12.4. The van der Waals surface area contributed by atoms with Gasteiger partial charge in [0.25, 0.3) is 12.3 Å². The number of alkyl halides is 2. The van der Waals surface area contributed by atoms with Gasteiger partial charge in [0.15, 0.2) is 6.61 Å². The largest absolute Gasteiger partial charge is 0.484 e. The van der Waals surface area contributed by atoms with Crippen molar-refractivity contribution in [3.05, 3.63) is 29.8 Å². The highest BCUT2D eigenvalue weighted by molar-refractivity contribution is 5.89. The Bertz CT molecular complexity index is 575. The second-order valence-corrected chi connectivity index (χ2v) is 5.18. The van der Waals surface area contributed by atoms with Crippen LogP contribution in [0.25, 0.3) is 0 Å². The number of nitrogens with zero attached hydrogens (tertiary/aromatic N) is 2. The van der Waals surface area contributed by atoms with Gasteiger partial charge in [-0.3, -0.25) is 4.79 Å². The molecule has 0 fully saturated rings. The van der Waals surface area contributed by atoms with Crippen LogP contribution in [-0.4, -0.2) is 40.5 Å². The van der Waals surface area contributed by atoms with E-state index in [9.17, 15) is 18.7 Å². The Morgan fingerprint density at radius 2 is 2.09 bits per heavy atom. The molecule has 5 nitrogen and oxygen atoms in total. The van der Waals surface area contributed by atoms with Gasteiger partial charge >= 0.3 is 0 Å². The van der Waals surface area contributed by atoms with Crippen molar-refractivity contribution < 1.29 is 23.4 Å². The first-order valence-corrected chi connectivity index (χ1v) is 6.96. The van der Waals surface area contributed by atoms with Crippen LogP contribution in [0.2, 0.25) is 0 Å². The average molecular weight is 312 g/mol. The number of halogens is 2. The van der Waals surface area contributed by atoms with E-state index in [0.717, 1.165) is 12.0 Å². The van der Waals surface area contributed by atoms with Crippen LogP contribution in [0.4, 0.5) is 8.78 Å². The van der Waals surface area contributed by atoms with E-state index in [4.69, 9.17) is 4.74 Å². The third kappa shape index (κ3) is 3.24. The molecule has 0 bridgehead atoms. The molecular weight excluding hydrogens is 294 g/mol. The molecule has 1 atom stereocenters. The van der Waals surface area contributed by atoms with Crippen LogP contribution in [-0.2, 0) is 11.2 Å². The second-order valence-electron chi connectivity index (χ2n) is 5.18. The van der Waals surface area contributed by atoms with Crippen LogP contribution in [0.5, 0.6) is 5.75 Å². The highest BCUT2D eigenvalue weighted by Gasteiger charge is 2.50. The molecule has 1 aliphatic rings. The number of hydrogen-bond donors (Lipinski definition) is 1. The fourth-order valence-electron chi connectivity index (χ4n) is 2.21. The molecule has 1 amide bonds. The molecule has 1 heterocycles. The van der Waals surface area contributed by atoms with E-state index >= 15 is 0 Å². The molecule has 1 N–H and O–H groups in total. The predicted molar refractivity (Wildman–Crippen MR) is 76.8 cm³/mol. The van der Waals surface area contributed by atoms with Gasteiger partial charge in [-0.25, -0.2) is 8.78 Å². The van der Waals surface area contributed by atoms with Crippen LogP contribution in [0.1, 0.15) is 25.8 Å². The Morgan fingerprint density at radius 3 is 2.64 bits per heavy atom. The first-order chi connectivity index (χ1) is 10.4. The quantitative estimate of drug-likeness (QED) is 0.906. The highest BCUT2D eigenvalue weighted by Crippen LogP contribution is 2.31. The minimum absolute atomic E-state index is 0.267. The van der Waals surface area contributed by atoms with Gasteiger partial charge in [0.2, 0.25) is 5.72 Å². The van der Waals surface area contributed by atoms with E-state index in [2.05, 4.69) is 5.10 Å². The third-order valence-electron chi connectivity index (χ3n) is 3.43. The predicted octanol–water partition coefficient (Wildman–Crippen LogP) is 2.19. The van der Waals surface area contributed by atoms with Crippen LogP contribution in [0, 0.1) is 0 Å². The molecule has 1 aliphatic heterocycles. The normalized spacial score (nSPS) is 21.2. The Hall–Kier alpha value is -2.02. The fourth-order valence-corrected chi connectivity index (χ4v) is 2.21. The van der Waals surface area contributed by atoms with Gasteiger partial charge in [-0.1, -0.05) is 19.1 Å². The number of hydrogen-bond acceptors (Lipinski definition) is 4. The molecule has 1 aromatic rings. The maximum atomic E-state index is 13.0. The van der Waals surface area contributed by atoms with E-state index in [1.165, 1.54) is 6.92 Å². The smallest absolute Gasteiger partial charge is 0.287 e. The van der Waals surface area contributed by atoms with Crippen molar-refractivity contribution in [1.29, 1.82) is 0 Å². The lowest BCUT2D eigenvalue weighted by atomic mass is 10.1. The summed E-state index contributed by atoms with van der Waals surface area (Å²) in [6, 6.07) is 7.11. The molecule has 0 saturated carbocycles. The number of carbonyl (C=O) groups is 1. The number of rotatable bonds is 5. The van der Waals surface area contributed by atoms with Crippen LogP contribution < -0.4 is 4.74 Å². The number of aliphatic hydroxyl groups is 1. The molecule has 2 rings (SSSR count). The molecule has 120 valence electrons. The number of ether oxygens (including phenoxy) is 1. The lowest BCUT2D eigenvalue weighted by molar-refractivity contribution is -0.193. The van der Waals surface area contributed by atoms with Crippen molar-refractivity contribution in [1.82, 2.24) is 5.01 Å². The standard InChI is InChI=1S/C15H18F2N2O3/c1-3-11-4-6-12(7-5-11)22-9-13(20)19-15(21,14(16)17)8-10(2)18-19/h4-7,14,21H,3,8-9H2,1-2H3/t15-/m0/s1. The van der Waals surface area contributed by atoms with Crippen molar-refractivity contribution in [3.63, 3.8) is 0 Å². The van der Waals surface area contributed by atoms with Crippen molar-refractivity contribution in [2.75, 3.05) is 6.61 Å². The molecule has 0 spiro atoms. The van der Waals surface area contributed by atoms with Gasteiger partial charge in [-0.2, -0.15) is 10.1 Å². The lowest BCUT2D eigenvalue weighted by Crippen LogP contribution is -2.52. The first kappa shape index (κ1) is 16.4. The SMILES string of the molecule is CCc1ccc(OCC(=O)N2N=C(C)C[C@]2(O)C(F)F)cc1.